The molecule has 0 saturated carbocycles. The number of aromatic nitrogens is 1. The molecule has 1 aromatic heterocycles. The highest BCUT2D eigenvalue weighted by atomic mass is 32.2. The predicted octanol–water partition coefficient (Wildman–Crippen LogP) is 1.32. The number of hydrogen-bond acceptors (Lipinski definition) is 6. The molecule has 8 nitrogen and oxygen atoms in total. The van der Waals surface area contributed by atoms with Crippen molar-refractivity contribution in [2.75, 3.05) is 12.4 Å². The van der Waals surface area contributed by atoms with E-state index in [9.17, 15) is 18.5 Å². The average molecular weight is 317 g/mol. The molecule has 0 fully saturated rings. The molecule has 1 unspecified atom stereocenters. The lowest BCUT2D eigenvalue weighted by atomic mass is 9.82. The maximum Gasteiger partial charge on any atom is 0.406 e. The second-order valence-corrected chi connectivity index (χ2v) is 7.44. The van der Waals surface area contributed by atoms with E-state index < -0.39 is 26.7 Å². The lowest BCUT2D eigenvalue weighted by Crippen LogP contribution is -2.35. The number of primary sulfonamides is 1. The fourth-order valence-electron chi connectivity index (χ4n) is 1.65. The van der Waals surface area contributed by atoms with Gasteiger partial charge < -0.3 is 14.9 Å². The van der Waals surface area contributed by atoms with Crippen LogP contribution < -0.4 is 9.88 Å². The standard InChI is InChI=1S/C12H19N3O5S/c1-12(2,3)9(8-21(13,18)19)7-20-10-5-4-6-14-11(10)15(16)17/h4-6,9H,7-8H2,1-3H3,(H2,13,18,19). The number of hydrogen-bond donors (Lipinski definition) is 1. The zero-order valence-electron chi connectivity index (χ0n) is 12.1. The number of nitrogens with two attached hydrogens (primary N) is 1. The van der Waals surface area contributed by atoms with Crippen LogP contribution in [-0.4, -0.2) is 30.7 Å². The van der Waals surface area contributed by atoms with Crippen molar-refractivity contribution in [2.45, 2.75) is 20.8 Å². The molecular weight excluding hydrogens is 298 g/mol. The van der Waals surface area contributed by atoms with Gasteiger partial charge in [0.05, 0.1) is 12.4 Å². The monoisotopic (exact) mass is 317 g/mol. The third-order valence-corrected chi connectivity index (χ3v) is 3.89. The van der Waals surface area contributed by atoms with Crippen LogP contribution in [0.15, 0.2) is 18.3 Å². The van der Waals surface area contributed by atoms with Crippen LogP contribution in [-0.2, 0) is 10.0 Å². The average Bonchev–Trinajstić information content (AvgIpc) is 2.32. The Balaban J connectivity index is 2.90. The lowest BCUT2D eigenvalue weighted by Gasteiger charge is -2.29. The molecule has 2 N–H and O–H groups in total. The first kappa shape index (κ1) is 17.3. The molecule has 0 spiro atoms. The Bertz CT molecular complexity index is 610. The van der Waals surface area contributed by atoms with E-state index in [2.05, 4.69) is 4.98 Å². The van der Waals surface area contributed by atoms with Crippen LogP contribution in [0.1, 0.15) is 20.8 Å². The van der Waals surface area contributed by atoms with Crippen LogP contribution in [0.3, 0.4) is 0 Å². The zero-order chi connectivity index (χ0) is 16.3. The quantitative estimate of drug-likeness (QED) is 0.623. The summed E-state index contributed by atoms with van der Waals surface area (Å²) in [6.45, 7) is 5.55. The molecule has 0 amide bonds. The third-order valence-electron chi connectivity index (χ3n) is 3.02. The molecule has 21 heavy (non-hydrogen) atoms. The summed E-state index contributed by atoms with van der Waals surface area (Å²) in [6, 6.07) is 2.93. The van der Waals surface area contributed by atoms with Crippen molar-refractivity contribution in [3.05, 3.63) is 28.4 Å². The van der Waals surface area contributed by atoms with Crippen molar-refractivity contribution in [3.63, 3.8) is 0 Å². The maximum atomic E-state index is 11.3. The number of pyridine rings is 1. The topological polar surface area (TPSA) is 125 Å². The molecule has 0 radical (unpaired) electrons. The summed E-state index contributed by atoms with van der Waals surface area (Å²) in [6.07, 6.45) is 1.29. The highest BCUT2D eigenvalue weighted by Crippen LogP contribution is 2.29. The fourth-order valence-corrected chi connectivity index (χ4v) is 2.81. The van der Waals surface area contributed by atoms with Gasteiger partial charge in [0.2, 0.25) is 15.8 Å². The SMILES string of the molecule is CC(C)(C)C(COc1cccnc1[N+](=O)[O-])CS(N)(=O)=O. The Morgan fingerprint density at radius 3 is 2.57 bits per heavy atom. The maximum absolute atomic E-state index is 11.3. The van der Waals surface area contributed by atoms with Crippen LogP contribution in [0.2, 0.25) is 0 Å². The molecule has 1 atom stereocenters. The number of nitro groups is 1. The Morgan fingerprint density at radius 2 is 2.10 bits per heavy atom. The van der Waals surface area contributed by atoms with Gasteiger partial charge in [-0.05, 0) is 27.5 Å². The molecule has 1 heterocycles. The number of nitrogens with zero attached hydrogens (tertiary/aromatic N) is 2. The molecule has 0 aliphatic heterocycles. The fraction of sp³-hybridized carbons (Fsp3) is 0.583. The van der Waals surface area contributed by atoms with Crippen LogP contribution in [0.25, 0.3) is 0 Å². The van der Waals surface area contributed by atoms with E-state index in [1.54, 1.807) is 0 Å². The van der Waals surface area contributed by atoms with E-state index >= 15 is 0 Å². The Labute approximate surface area is 123 Å². The molecule has 1 aromatic rings. The Hall–Kier alpha value is -1.74. The van der Waals surface area contributed by atoms with Crippen LogP contribution in [0.4, 0.5) is 5.82 Å². The molecule has 0 aromatic carbocycles. The van der Waals surface area contributed by atoms with E-state index in [0.29, 0.717) is 0 Å². The Morgan fingerprint density at radius 1 is 1.48 bits per heavy atom. The van der Waals surface area contributed by atoms with Gasteiger partial charge in [0.15, 0.2) is 0 Å². The van der Waals surface area contributed by atoms with Crippen molar-refractivity contribution in [1.82, 2.24) is 4.98 Å². The van der Waals surface area contributed by atoms with Crippen molar-refractivity contribution in [3.8, 4) is 5.75 Å². The van der Waals surface area contributed by atoms with E-state index in [4.69, 9.17) is 9.88 Å². The smallest absolute Gasteiger partial charge is 0.406 e. The minimum Gasteiger partial charge on any atom is -0.485 e. The molecule has 1 rings (SSSR count). The van der Waals surface area contributed by atoms with Crippen molar-refractivity contribution in [1.29, 1.82) is 0 Å². The van der Waals surface area contributed by atoms with Crippen molar-refractivity contribution in [2.24, 2.45) is 16.5 Å². The van der Waals surface area contributed by atoms with Crippen LogP contribution in [0.5, 0.6) is 5.75 Å². The molecule has 0 saturated heterocycles. The normalized spacial score (nSPS) is 13.7. The first-order chi connectivity index (χ1) is 9.50. The summed E-state index contributed by atoms with van der Waals surface area (Å²) in [5.74, 6) is -1.07. The number of ether oxygens (including phenoxy) is 1. The predicted molar refractivity (Wildman–Crippen MR) is 77.3 cm³/mol. The molecule has 0 aliphatic carbocycles. The first-order valence-electron chi connectivity index (χ1n) is 6.23. The number of rotatable bonds is 6. The Kier molecular flexibility index (Phi) is 5.24. The van der Waals surface area contributed by atoms with E-state index in [-0.39, 0.29) is 23.5 Å². The summed E-state index contributed by atoms with van der Waals surface area (Å²) in [5.41, 5.74) is -0.385. The van der Waals surface area contributed by atoms with E-state index in [0.717, 1.165) is 0 Å². The largest absolute Gasteiger partial charge is 0.485 e. The summed E-state index contributed by atoms with van der Waals surface area (Å²) in [5, 5.41) is 15.9. The first-order valence-corrected chi connectivity index (χ1v) is 7.95. The molecular formula is C12H19N3O5S. The van der Waals surface area contributed by atoms with Crippen LogP contribution in [0, 0.1) is 21.4 Å². The highest BCUT2D eigenvalue weighted by Gasteiger charge is 2.30. The van der Waals surface area contributed by atoms with Crippen LogP contribution >= 0.6 is 0 Å². The summed E-state index contributed by atoms with van der Waals surface area (Å²) < 4.78 is 28.0. The van der Waals surface area contributed by atoms with E-state index in [1.165, 1.54) is 18.3 Å². The van der Waals surface area contributed by atoms with Gasteiger partial charge in [-0.2, -0.15) is 0 Å². The number of sulfonamides is 1. The van der Waals surface area contributed by atoms with Gasteiger partial charge in [0.1, 0.15) is 6.20 Å². The van der Waals surface area contributed by atoms with Gasteiger partial charge in [-0.15, -0.1) is 0 Å². The van der Waals surface area contributed by atoms with Gasteiger partial charge in [-0.3, -0.25) is 0 Å². The zero-order valence-corrected chi connectivity index (χ0v) is 13.0. The van der Waals surface area contributed by atoms with Crippen molar-refractivity contribution >= 4 is 15.8 Å². The minimum atomic E-state index is -3.67. The summed E-state index contributed by atoms with van der Waals surface area (Å²) >= 11 is 0. The van der Waals surface area contributed by atoms with Crippen molar-refractivity contribution < 1.29 is 18.1 Å². The third kappa shape index (κ3) is 5.64. The molecule has 118 valence electrons. The van der Waals surface area contributed by atoms with Gasteiger partial charge in [0, 0.05) is 5.92 Å². The van der Waals surface area contributed by atoms with Gasteiger partial charge in [-0.1, -0.05) is 20.8 Å². The minimum absolute atomic E-state index is 0.00571. The molecule has 0 aliphatic rings. The van der Waals surface area contributed by atoms with E-state index in [1.807, 2.05) is 20.8 Å². The van der Waals surface area contributed by atoms with Gasteiger partial charge in [0.25, 0.3) is 0 Å². The molecule has 0 bridgehead atoms. The molecule has 9 heteroatoms. The lowest BCUT2D eigenvalue weighted by molar-refractivity contribution is -0.390. The second kappa shape index (κ2) is 6.35. The second-order valence-electron chi connectivity index (χ2n) is 5.79. The van der Waals surface area contributed by atoms with Gasteiger partial charge in [-0.25, -0.2) is 13.6 Å². The summed E-state index contributed by atoms with van der Waals surface area (Å²) in [4.78, 5) is 13.8. The summed E-state index contributed by atoms with van der Waals surface area (Å²) in [7, 11) is -3.67. The van der Waals surface area contributed by atoms with Gasteiger partial charge >= 0.3 is 5.82 Å². The highest BCUT2D eigenvalue weighted by molar-refractivity contribution is 7.89.